The van der Waals surface area contributed by atoms with E-state index in [9.17, 15) is 0 Å². The molecule has 0 fully saturated rings. The fourth-order valence-corrected chi connectivity index (χ4v) is 2.36. The van der Waals surface area contributed by atoms with Crippen molar-refractivity contribution in [1.82, 2.24) is 15.1 Å². The highest BCUT2D eigenvalue weighted by molar-refractivity contribution is 5.26. The molecule has 4 heteroatoms. The van der Waals surface area contributed by atoms with Gasteiger partial charge in [-0.1, -0.05) is 34.6 Å². The molecule has 4 nitrogen and oxygen atoms in total. The highest BCUT2D eigenvalue weighted by Gasteiger charge is 2.15. The Morgan fingerprint density at radius 3 is 2.45 bits per heavy atom. The maximum Gasteiger partial charge on any atom is 0.0669 e. The van der Waals surface area contributed by atoms with E-state index in [1.807, 2.05) is 0 Å². The van der Waals surface area contributed by atoms with Crippen LogP contribution in [0.2, 0.25) is 0 Å². The van der Waals surface area contributed by atoms with Gasteiger partial charge in [0.15, 0.2) is 0 Å². The van der Waals surface area contributed by atoms with Crippen molar-refractivity contribution in [3.63, 3.8) is 0 Å². The first-order chi connectivity index (χ1) is 9.63. The van der Waals surface area contributed by atoms with E-state index in [0.717, 1.165) is 45.6 Å². The van der Waals surface area contributed by atoms with Crippen molar-refractivity contribution in [3.05, 3.63) is 17.0 Å². The van der Waals surface area contributed by atoms with Gasteiger partial charge in [-0.3, -0.25) is 4.68 Å². The van der Waals surface area contributed by atoms with E-state index in [1.165, 1.54) is 17.0 Å². The second kappa shape index (κ2) is 9.14. The van der Waals surface area contributed by atoms with Gasteiger partial charge in [-0.2, -0.15) is 5.10 Å². The maximum absolute atomic E-state index is 5.59. The summed E-state index contributed by atoms with van der Waals surface area (Å²) in [6.07, 6.45) is 3.09. The lowest BCUT2D eigenvalue weighted by Crippen LogP contribution is -2.23. The Labute approximate surface area is 123 Å². The average Bonchev–Trinajstić information content (AvgIpc) is 2.78. The molecule has 1 heterocycles. The molecular formula is C16H31N3O. The lowest BCUT2D eigenvalue weighted by molar-refractivity contribution is 0.123. The van der Waals surface area contributed by atoms with Crippen LogP contribution in [0.4, 0.5) is 0 Å². The summed E-state index contributed by atoms with van der Waals surface area (Å²) in [6, 6.07) is 0.501. The molecule has 0 saturated carbocycles. The first-order valence-corrected chi connectivity index (χ1v) is 8.02. The van der Waals surface area contributed by atoms with Gasteiger partial charge in [-0.05, 0) is 19.3 Å². The van der Waals surface area contributed by atoms with Gasteiger partial charge in [0.2, 0.25) is 0 Å². The first-order valence-electron chi connectivity index (χ1n) is 8.02. The number of ether oxygens (including phenoxy) is 1. The molecule has 1 aromatic rings. The van der Waals surface area contributed by atoms with Crippen molar-refractivity contribution in [1.29, 1.82) is 0 Å². The van der Waals surface area contributed by atoms with Gasteiger partial charge in [-0.25, -0.2) is 0 Å². The molecule has 0 amide bonds. The highest BCUT2D eigenvalue weighted by Crippen LogP contribution is 2.16. The van der Waals surface area contributed by atoms with Crippen LogP contribution in [0.1, 0.15) is 58.0 Å². The van der Waals surface area contributed by atoms with Gasteiger partial charge in [0.1, 0.15) is 0 Å². The molecule has 20 heavy (non-hydrogen) atoms. The van der Waals surface area contributed by atoms with Crippen LogP contribution in [0, 0.1) is 0 Å². The minimum atomic E-state index is 0.501. The minimum absolute atomic E-state index is 0.501. The molecule has 1 rings (SSSR count). The number of rotatable bonds is 10. The highest BCUT2D eigenvalue weighted by atomic mass is 16.5. The van der Waals surface area contributed by atoms with Crippen LogP contribution in [-0.4, -0.2) is 29.0 Å². The molecule has 116 valence electrons. The number of nitrogens with zero attached hydrogens (tertiary/aromatic N) is 2. The summed E-state index contributed by atoms with van der Waals surface area (Å²) < 4.78 is 7.74. The van der Waals surface area contributed by atoms with Crippen molar-refractivity contribution in [2.45, 2.75) is 73.0 Å². The van der Waals surface area contributed by atoms with Crippen LogP contribution in [0.5, 0.6) is 0 Å². The van der Waals surface area contributed by atoms with Crippen LogP contribution in [0.25, 0.3) is 0 Å². The Morgan fingerprint density at radius 2 is 1.90 bits per heavy atom. The Kier molecular flexibility index (Phi) is 7.85. The number of hydrogen-bond acceptors (Lipinski definition) is 3. The molecule has 0 radical (unpaired) electrons. The Bertz CT molecular complexity index is 385. The van der Waals surface area contributed by atoms with E-state index < -0.39 is 0 Å². The fraction of sp³-hybridized carbons (Fsp3) is 0.812. The second-order valence-corrected chi connectivity index (χ2v) is 5.45. The van der Waals surface area contributed by atoms with Crippen LogP contribution in [-0.2, 0) is 30.7 Å². The van der Waals surface area contributed by atoms with E-state index in [0.29, 0.717) is 6.04 Å². The van der Waals surface area contributed by atoms with E-state index in [-0.39, 0.29) is 0 Å². The van der Waals surface area contributed by atoms with E-state index in [2.05, 4.69) is 44.6 Å². The SMILES string of the molecule is CCCOCCn1nc(CC)c(CNC(C)C)c1CC. The summed E-state index contributed by atoms with van der Waals surface area (Å²) in [5.74, 6) is 0. The third-order valence-corrected chi connectivity index (χ3v) is 3.40. The smallest absolute Gasteiger partial charge is 0.0669 e. The Hall–Kier alpha value is -0.870. The molecule has 0 aliphatic heterocycles. The fourth-order valence-electron chi connectivity index (χ4n) is 2.36. The minimum Gasteiger partial charge on any atom is -0.380 e. The molecule has 0 aromatic carbocycles. The van der Waals surface area contributed by atoms with Crippen molar-refractivity contribution in [2.75, 3.05) is 13.2 Å². The van der Waals surface area contributed by atoms with E-state index >= 15 is 0 Å². The van der Waals surface area contributed by atoms with Crippen LogP contribution in [0.3, 0.4) is 0 Å². The lowest BCUT2D eigenvalue weighted by atomic mass is 10.1. The van der Waals surface area contributed by atoms with Gasteiger partial charge in [0, 0.05) is 30.5 Å². The van der Waals surface area contributed by atoms with Crippen molar-refractivity contribution in [2.24, 2.45) is 0 Å². The molecular weight excluding hydrogens is 250 g/mol. The third-order valence-electron chi connectivity index (χ3n) is 3.40. The first kappa shape index (κ1) is 17.2. The van der Waals surface area contributed by atoms with Crippen LogP contribution < -0.4 is 5.32 Å². The Balaban J connectivity index is 2.78. The normalized spacial score (nSPS) is 11.5. The average molecular weight is 281 g/mol. The summed E-state index contributed by atoms with van der Waals surface area (Å²) >= 11 is 0. The van der Waals surface area contributed by atoms with Gasteiger partial charge in [-0.15, -0.1) is 0 Å². The topological polar surface area (TPSA) is 39.1 Å². The summed E-state index contributed by atoms with van der Waals surface area (Å²) in [6.45, 7) is 14.2. The van der Waals surface area contributed by atoms with Crippen molar-refractivity contribution < 1.29 is 4.74 Å². The number of nitrogens with one attached hydrogen (secondary N) is 1. The predicted molar refractivity (Wildman–Crippen MR) is 84.1 cm³/mol. The molecule has 0 bridgehead atoms. The molecule has 0 spiro atoms. The summed E-state index contributed by atoms with van der Waals surface area (Å²) in [5, 5.41) is 8.29. The second-order valence-electron chi connectivity index (χ2n) is 5.45. The number of aromatic nitrogens is 2. The molecule has 1 N–H and O–H groups in total. The van der Waals surface area contributed by atoms with Crippen molar-refractivity contribution >= 4 is 0 Å². The Morgan fingerprint density at radius 1 is 1.15 bits per heavy atom. The zero-order valence-corrected chi connectivity index (χ0v) is 13.8. The van der Waals surface area contributed by atoms with Crippen molar-refractivity contribution in [3.8, 4) is 0 Å². The molecule has 0 saturated heterocycles. The van der Waals surface area contributed by atoms with Crippen LogP contribution >= 0.6 is 0 Å². The van der Waals surface area contributed by atoms with Gasteiger partial charge in [0.05, 0.1) is 18.8 Å². The van der Waals surface area contributed by atoms with Gasteiger partial charge < -0.3 is 10.1 Å². The summed E-state index contributed by atoms with van der Waals surface area (Å²) in [4.78, 5) is 0. The molecule has 0 aliphatic carbocycles. The predicted octanol–water partition coefficient (Wildman–Crippen LogP) is 2.93. The van der Waals surface area contributed by atoms with Gasteiger partial charge in [0.25, 0.3) is 0 Å². The van der Waals surface area contributed by atoms with E-state index in [4.69, 9.17) is 9.84 Å². The largest absolute Gasteiger partial charge is 0.380 e. The molecule has 0 unspecified atom stereocenters. The zero-order chi connectivity index (χ0) is 15.0. The third kappa shape index (κ3) is 4.91. The molecule has 1 aromatic heterocycles. The van der Waals surface area contributed by atoms with E-state index in [1.54, 1.807) is 0 Å². The maximum atomic E-state index is 5.59. The monoisotopic (exact) mass is 281 g/mol. The lowest BCUT2D eigenvalue weighted by Gasteiger charge is -2.11. The quantitative estimate of drug-likeness (QED) is 0.670. The molecule has 0 aliphatic rings. The zero-order valence-electron chi connectivity index (χ0n) is 13.8. The number of hydrogen-bond donors (Lipinski definition) is 1. The standard InChI is InChI=1S/C16H31N3O/c1-6-10-20-11-9-19-16(8-3)14(12-17-13(4)5)15(7-2)18-19/h13,17H,6-12H2,1-5H3. The van der Waals surface area contributed by atoms with Gasteiger partial charge >= 0.3 is 0 Å². The molecule has 0 atom stereocenters. The van der Waals surface area contributed by atoms with Crippen LogP contribution in [0.15, 0.2) is 0 Å². The number of aryl methyl sites for hydroxylation is 1. The summed E-state index contributed by atoms with van der Waals surface area (Å²) in [5.41, 5.74) is 3.97. The summed E-state index contributed by atoms with van der Waals surface area (Å²) in [7, 11) is 0.